The molecule has 1 aromatic carbocycles. The fraction of sp³-hybridized carbons (Fsp3) is 0.308. The van der Waals surface area contributed by atoms with Crippen LogP contribution in [0.1, 0.15) is 41.5 Å². The van der Waals surface area contributed by atoms with Gasteiger partial charge in [-0.1, -0.05) is 13.0 Å². The highest BCUT2D eigenvalue weighted by Gasteiger charge is 2.32. The molecule has 3 aromatic heterocycles. The summed E-state index contributed by atoms with van der Waals surface area (Å²) in [7, 11) is 0. The van der Waals surface area contributed by atoms with Crippen LogP contribution >= 0.6 is 0 Å². The van der Waals surface area contributed by atoms with Crippen LogP contribution in [-0.2, 0) is 12.7 Å². The van der Waals surface area contributed by atoms with Gasteiger partial charge in [-0.15, -0.1) is 0 Å². The Balaban J connectivity index is 1.37. The van der Waals surface area contributed by atoms with Crippen LogP contribution in [0.4, 0.5) is 18.9 Å². The number of piperidine rings is 1. The highest BCUT2D eigenvalue weighted by atomic mass is 19.4. The largest absolute Gasteiger partial charge is 0.433 e. The van der Waals surface area contributed by atoms with E-state index in [1.807, 2.05) is 24.4 Å². The lowest BCUT2D eigenvalue weighted by atomic mass is 9.98. The van der Waals surface area contributed by atoms with E-state index in [-0.39, 0.29) is 11.4 Å². The standard InChI is InChI=1S/C26H25F3N6O/c1-16-5-8-35(9-6-16)15-17-10-19(14-30-13-17)18-2-3-22-21(11-18)24(34-33-22)25(36)32-20-4-7-31-23(12-20)26(27,28)29/h2-4,7,10-14,16H,5-6,8-9,15H2,1H3,(H,33,34)(H,31,32,36). The summed E-state index contributed by atoms with van der Waals surface area (Å²) in [5, 5.41) is 9.96. The van der Waals surface area contributed by atoms with Gasteiger partial charge in [-0.25, -0.2) is 0 Å². The van der Waals surface area contributed by atoms with Crippen molar-refractivity contribution in [1.29, 1.82) is 0 Å². The smallest absolute Gasteiger partial charge is 0.320 e. The van der Waals surface area contributed by atoms with Gasteiger partial charge < -0.3 is 5.32 Å². The lowest BCUT2D eigenvalue weighted by Crippen LogP contribution is -2.32. The minimum absolute atomic E-state index is 0.0152. The Hall–Kier alpha value is -3.79. The summed E-state index contributed by atoms with van der Waals surface area (Å²) in [6.45, 7) is 5.28. The monoisotopic (exact) mass is 494 g/mol. The molecular formula is C26H25F3N6O. The van der Waals surface area contributed by atoms with Gasteiger partial charge in [0.1, 0.15) is 5.69 Å². The minimum atomic E-state index is -4.61. The molecule has 0 atom stereocenters. The number of alkyl halides is 3. The highest BCUT2D eigenvalue weighted by Crippen LogP contribution is 2.30. The lowest BCUT2D eigenvalue weighted by Gasteiger charge is -2.30. The second-order valence-corrected chi connectivity index (χ2v) is 9.25. The third-order valence-electron chi connectivity index (χ3n) is 6.50. The van der Waals surface area contributed by atoms with Crippen molar-refractivity contribution >= 4 is 22.5 Å². The molecule has 0 spiro atoms. The third-order valence-corrected chi connectivity index (χ3v) is 6.50. The van der Waals surface area contributed by atoms with Gasteiger partial charge in [-0.2, -0.15) is 18.3 Å². The van der Waals surface area contributed by atoms with Crippen LogP contribution in [0.2, 0.25) is 0 Å². The number of nitrogens with one attached hydrogen (secondary N) is 2. The molecule has 186 valence electrons. The Bertz CT molecular complexity index is 1390. The van der Waals surface area contributed by atoms with E-state index in [0.717, 1.165) is 54.5 Å². The number of anilines is 1. The normalized spacial score (nSPS) is 15.3. The highest BCUT2D eigenvalue weighted by molar-refractivity contribution is 6.11. The SMILES string of the molecule is CC1CCN(Cc2cncc(-c3ccc4[nH]nc(C(=O)Nc5ccnc(C(F)(F)F)c5)c4c3)c2)CC1. The zero-order valence-corrected chi connectivity index (χ0v) is 19.6. The van der Waals surface area contributed by atoms with E-state index in [1.165, 1.54) is 18.9 Å². The quantitative estimate of drug-likeness (QED) is 0.381. The number of hydrogen-bond acceptors (Lipinski definition) is 5. The number of amides is 1. The van der Waals surface area contributed by atoms with Crippen LogP contribution in [0.3, 0.4) is 0 Å². The van der Waals surface area contributed by atoms with Crippen molar-refractivity contribution in [2.75, 3.05) is 18.4 Å². The van der Waals surface area contributed by atoms with Crippen LogP contribution in [0.25, 0.3) is 22.0 Å². The average molecular weight is 495 g/mol. The molecule has 1 fully saturated rings. The number of likely N-dealkylation sites (tertiary alicyclic amines) is 1. The summed E-state index contributed by atoms with van der Waals surface area (Å²) >= 11 is 0. The summed E-state index contributed by atoms with van der Waals surface area (Å²) in [5.41, 5.74) is 2.52. The molecule has 4 heterocycles. The molecule has 10 heteroatoms. The van der Waals surface area contributed by atoms with Gasteiger partial charge >= 0.3 is 6.18 Å². The van der Waals surface area contributed by atoms with Crippen molar-refractivity contribution < 1.29 is 18.0 Å². The maximum atomic E-state index is 13.0. The molecule has 2 N–H and O–H groups in total. The van der Waals surface area contributed by atoms with E-state index in [0.29, 0.717) is 10.9 Å². The summed E-state index contributed by atoms with van der Waals surface area (Å²) in [6.07, 6.45) is 2.45. The molecule has 0 radical (unpaired) electrons. The number of carbonyl (C=O) groups is 1. The Labute approximate surface area is 205 Å². The van der Waals surface area contributed by atoms with Gasteiger partial charge in [-0.3, -0.25) is 24.8 Å². The van der Waals surface area contributed by atoms with E-state index in [4.69, 9.17) is 0 Å². The van der Waals surface area contributed by atoms with Crippen molar-refractivity contribution in [3.05, 3.63) is 71.9 Å². The molecule has 7 nitrogen and oxygen atoms in total. The van der Waals surface area contributed by atoms with Crippen LogP contribution in [-0.4, -0.2) is 44.1 Å². The fourth-order valence-corrected chi connectivity index (χ4v) is 4.43. The first kappa shape index (κ1) is 23.9. The summed E-state index contributed by atoms with van der Waals surface area (Å²) in [5.74, 6) is 0.146. The molecule has 1 aliphatic rings. The van der Waals surface area contributed by atoms with Crippen molar-refractivity contribution in [3.8, 4) is 11.1 Å². The number of carbonyl (C=O) groups excluding carboxylic acids is 1. The Morgan fingerprint density at radius 1 is 1.11 bits per heavy atom. The number of pyridine rings is 2. The first-order chi connectivity index (χ1) is 17.3. The van der Waals surface area contributed by atoms with Gasteiger partial charge in [-0.05, 0) is 73.3 Å². The predicted molar refractivity (Wildman–Crippen MR) is 130 cm³/mol. The number of H-pyrrole nitrogens is 1. The van der Waals surface area contributed by atoms with Crippen molar-refractivity contribution in [2.24, 2.45) is 5.92 Å². The Kier molecular flexibility index (Phi) is 6.44. The Morgan fingerprint density at radius 3 is 2.69 bits per heavy atom. The van der Waals surface area contributed by atoms with Crippen molar-refractivity contribution in [1.82, 2.24) is 25.1 Å². The zero-order valence-electron chi connectivity index (χ0n) is 19.6. The first-order valence-corrected chi connectivity index (χ1v) is 11.8. The number of nitrogens with zero attached hydrogens (tertiary/aromatic N) is 4. The molecular weight excluding hydrogens is 469 g/mol. The second kappa shape index (κ2) is 9.69. The maximum absolute atomic E-state index is 13.0. The number of aromatic amines is 1. The van der Waals surface area contributed by atoms with Gasteiger partial charge in [0.15, 0.2) is 5.69 Å². The number of fused-ring (bicyclic) bond motifs is 1. The summed E-state index contributed by atoms with van der Waals surface area (Å²) in [6, 6.07) is 9.77. The van der Waals surface area contributed by atoms with Crippen LogP contribution in [0.15, 0.2) is 55.0 Å². The number of rotatable bonds is 5. The Morgan fingerprint density at radius 2 is 1.92 bits per heavy atom. The number of aromatic nitrogens is 4. The minimum Gasteiger partial charge on any atom is -0.320 e. The van der Waals surface area contributed by atoms with E-state index in [1.54, 1.807) is 6.20 Å². The molecule has 0 unspecified atom stereocenters. The molecule has 36 heavy (non-hydrogen) atoms. The lowest BCUT2D eigenvalue weighted by molar-refractivity contribution is -0.141. The molecule has 0 aliphatic carbocycles. The number of benzene rings is 1. The predicted octanol–water partition coefficient (Wildman–Crippen LogP) is 5.52. The molecule has 5 rings (SSSR count). The molecule has 1 amide bonds. The molecule has 1 saturated heterocycles. The van der Waals surface area contributed by atoms with Crippen LogP contribution < -0.4 is 5.32 Å². The van der Waals surface area contributed by atoms with Crippen molar-refractivity contribution in [2.45, 2.75) is 32.5 Å². The van der Waals surface area contributed by atoms with Gasteiger partial charge in [0.2, 0.25) is 0 Å². The van der Waals surface area contributed by atoms with Gasteiger partial charge in [0, 0.05) is 41.8 Å². The number of hydrogen-bond donors (Lipinski definition) is 2. The molecule has 1 aliphatic heterocycles. The topological polar surface area (TPSA) is 86.8 Å². The van der Waals surface area contributed by atoms with E-state index in [9.17, 15) is 18.0 Å². The third kappa shape index (κ3) is 5.23. The van der Waals surface area contributed by atoms with Gasteiger partial charge in [0.05, 0.1) is 5.52 Å². The summed E-state index contributed by atoms with van der Waals surface area (Å²) < 4.78 is 38.9. The van der Waals surface area contributed by atoms with E-state index < -0.39 is 17.8 Å². The maximum Gasteiger partial charge on any atom is 0.433 e. The van der Waals surface area contributed by atoms with Crippen molar-refractivity contribution in [3.63, 3.8) is 0 Å². The fourth-order valence-electron chi connectivity index (χ4n) is 4.43. The first-order valence-electron chi connectivity index (χ1n) is 11.8. The second-order valence-electron chi connectivity index (χ2n) is 9.25. The van der Waals surface area contributed by atoms with Crippen LogP contribution in [0.5, 0.6) is 0 Å². The summed E-state index contributed by atoms with van der Waals surface area (Å²) in [4.78, 5) is 23.1. The zero-order chi connectivity index (χ0) is 25.3. The average Bonchev–Trinajstić information content (AvgIpc) is 3.29. The van der Waals surface area contributed by atoms with E-state index in [2.05, 4.69) is 43.4 Å². The van der Waals surface area contributed by atoms with E-state index >= 15 is 0 Å². The molecule has 0 bridgehead atoms. The molecule has 4 aromatic rings. The number of halogens is 3. The van der Waals surface area contributed by atoms with Gasteiger partial charge in [0.25, 0.3) is 5.91 Å². The molecule has 0 saturated carbocycles. The van der Waals surface area contributed by atoms with Crippen LogP contribution in [0, 0.1) is 5.92 Å².